The van der Waals surface area contributed by atoms with Gasteiger partial charge in [0.1, 0.15) is 5.75 Å². The molecule has 2 aromatic carbocycles. The Morgan fingerprint density at radius 2 is 1.39 bits per heavy atom. The summed E-state index contributed by atoms with van der Waals surface area (Å²) in [7, 11) is 0. The van der Waals surface area contributed by atoms with Gasteiger partial charge in [0.15, 0.2) is 0 Å². The largest absolute Gasteiger partial charge is 0.491 e. The Kier molecular flexibility index (Phi) is 4.11. The number of anilines is 2. The molecule has 0 saturated carbocycles. The Morgan fingerprint density at radius 3 is 1.89 bits per heavy atom. The van der Waals surface area contributed by atoms with E-state index < -0.39 is 0 Å². The van der Waals surface area contributed by atoms with Crippen LogP contribution in [-0.4, -0.2) is 6.10 Å². The van der Waals surface area contributed by atoms with Gasteiger partial charge in [-0.05, 0) is 62.4 Å². The summed E-state index contributed by atoms with van der Waals surface area (Å²) in [5.41, 5.74) is 2.03. The van der Waals surface area contributed by atoms with Crippen LogP contribution in [0.2, 0.25) is 5.02 Å². The first-order chi connectivity index (χ1) is 8.63. The quantitative estimate of drug-likeness (QED) is 0.848. The van der Waals surface area contributed by atoms with E-state index in [-0.39, 0.29) is 6.10 Å². The van der Waals surface area contributed by atoms with Gasteiger partial charge in [-0.3, -0.25) is 0 Å². The third-order valence-corrected chi connectivity index (χ3v) is 2.61. The maximum Gasteiger partial charge on any atom is 0.119 e. The predicted octanol–water partition coefficient (Wildman–Crippen LogP) is 4.87. The van der Waals surface area contributed by atoms with Gasteiger partial charge in [-0.2, -0.15) is 0 Å². The fourth-order valence-corrected chi connectivity index (χ4v) is 1.71. The van der Waals surface area contributed by atoms with Gasteiger partial charge < -0.3 is 10.1 Å². The van der Waals surface area contributed by atoms with Crippen molar-refractivity contribution >= 4 is 23.0 Å². The van der Waals surface area contributed by atoms with Gasteiger partial charge in [0, 0.05) is 16.4 Å². The Bertz CT molecular complexity index is 491. The van der Waals surface area contributed by atoms with Gasteiger partial charge >= 0.3 is 0 Å². The second kappa shape index (κ2) is 5.78. The average molecular weight is 262 g/mol. The van der Waals surface area contributed by atoms with Crippen molar-refractivity contribution in [3.05, 3.63) is 53.6 Å². The highest BCUT2D eigenvalue weighted by atomic mass is 35.5. The monoisotopic (exact) mass is 261 g/mol. The second-order valence-corrected chi connectivity index (χ2v) is 4.76. The van der Waals surface area contributed by atoms with Crippen molar-refractivity contribution in [1.82, 2.24) is 0 Å². The fourth-order valence-electron chi connectivity index (χ4n) is 1.59. The van der Waals surface area contributed by atoms with Crippen molar-refractivity contribution in [2.24, 2.45) is 0 Å². The molecule has 2 aromatic rings. The molecule has 0 aromatic heterocycles. The van der Waals surface area contributed by atoms with Crippen molar-refractivity contribution in [3.8, 4) is 5.75 Å². The standard InChI is InChI=1S/C15H16ClNO/c1-11(2)18-15-9-7-14(8-10-15)17-13-5-3-12(16)4-6-13/h3-11,17H,1-2H3. The molecule has 2 nitrogen and oxygen atoms in total. The number of ether oxygens (including phenoxy) is 1. The van der Waals surface area contributed by atoms with Crippen molar-refractivity contribution < 1.29 is 4.74 Å². The lowest BCUT2D eigenvalue weighted by Crippen LogP contribution is -2.05. The molecule has 0 heterocycles. The zero-order chi connectivity index (χ0) is 13.0. The number of hydrogen-bond donors (Lipinski definition) is 1. The zero-order valence-electron chi connectivity index (χ0n) is 10.5. The first-order valence-electron chi connectivity index (χ1n) is 5.93. The van der Waals surface area contributed by atoms with Gasteiger partial charge in [0.05, 0.1) is 6.10 Å². The SMILES string of the molecule is CC(C)Oc1ccc(Nc2ccc(Cl)cc2)cc1. The molecule has 18 heavy (non-hydrogen) atoms. The molecule has 0 bridgehead atoms. The first kappa shape index (κ1) is 12.8. The lowest BCUT2D eigenvalue weighted by atomic mass is 10.2. The van der Waals surface area contributed by atoms with Gasteiger partial charge in [-0.15, -0.1) is 0 Å². The van der Waals surface area contributed by atoms with Crippen molar-refractivity contribution in [2.45, 2.75) is 20.0 Å². The van der Waals surface area contributed by atoms with Crippen LogP contribution >= 0.6 is 11.6 Å². The van der Waals surface area contributed by atoms with E-state index in [2.05, 4.69) is 5.32 Å². The Labute approximate surface area is 113 Å². The van der Waals surface area contributed by atoms with E-state index in [1.54, 1.807) is 0 Å². The molecule has 0 unspecified atom stereocenters. The molecule has 3 heteroatoms. The molecule has 2 rings (SSSR count). The van der Waals surface area contributed by atoms with Gasteiger partial charge in [-0.1, -0.05) is 11.6 Å². The molecular weight excluding hydrogens is 246 g/mol. The second-order valence-electron chi connectivity index (χ2n) is 4.32. The number of halogens is 1. The van der Waals surface area contributed by atoms with E-state index in [4.69, 9.17) is 16.3 Å². The molecule has 0 fully saturated rings. The van der Waals surface area contributed by atoms with E-state index in [1.807, 2.05) is 62.4 Å². The minimum absolute atomic E-state index is 0.195. The van der Waals surface area contributed by atoms with Crippen LogP contribution in [0, 0.1) is 0 Å². The lowest BCUT2D eigenvalue weighted by Gasteiger charge is -2.11. The summed E-state index contributed by atoms with van der Waals surface area (Å²) in [5, 5.41) is 4.03. The topological polar surface area (TPSA) is 21.3 Å². The van der Waals surface area contributed by atoms with Crippen LogP contribution < -0.4 is 10.1 Å². The Morgan fingerprint density at radius 1 is 0.889 bits per heavy atom. The highest BCUT2D eigenvalue weighted by Crippen LogP contribution is 2.21. The van der Waals surface area contributed by atoms with Crippen LogP contribution in [0.1, 0.15) is 13.8 Å². The zero-order valence-corrected chi connectivity index (χ0v) is 11.2. The van der Waals surface area contributed by atoms with Crippen LogP contribution in [0.3, 0.4) is 0 Å². The molecule has 0 spiro atoms. The van der Waals surface area contributed by atoms with Crippen molar-refractivity contribution in [3.63, 3.8) is 0 Å². The van der Waals surface area contributed by atoms with E-state index in [0.29, 0.717) is 0 Å². The van der Waals surface area contributed by atoms with Crippen LogP contribution in [0.25, 0.3) is 0 Å². The van der Waals surface area contributed by atoms with Crippen molar-refractivity contribution in [2.75, 3.05) is 5.32 Å². The molecule has 0 aliphatic carbocycles. The summed E-state index contributed by atoms with van der Waals surface area (Å²) in [6.45, 7) is 4.03. The third-order valence-electron chi connectivity index (χ3n) is 2.36. The van der Waals surface area contributed by atoms with Crippen molar-refractivity contribution in [1.29, 1.82) is 0 Å². The highest BCUT2D eigenvalue weighted by molar-refractivity contribution is 6.30. The van der Waals surface area contributed by atoms with E-state index in [1.165, 1.54) is 0 Å². The Hall–Kier alpha value is -1.67. The van der Waals surface area contributed by atoms with Gasteiger partial charge in [0.25, 0.3) is 0 Å². The summed E-state index contributed by atoms with van der Waals surface area (Å²) >= 11 is 5.84. The summed E-state index contributed by atoms with van der Waals surface area (Å²) in [4.78, 5) is 0. The molecule has 0 saturated heterocycles. The Balaban J connectivity index is 2.04. The maximum absolute atomic E-state index is 5.84. The minimum atomic E-state index is 0.195. The molecule has 0 atom stereocenters. The van der Waals surface area contributed by atoms with Gasteiger partial charge in [0.2, 0.25) is 0 Å². The first-order valence-corrected chi connectivity index (χ1v) is 6.30. The minimum Gasteiger partial charge on any atom is -0.491 e. The molecular formula is C15H16ClNO. The summed E-state index contributed by atoms with van der Waals surface area (Å²) in [6, 6.07) is 15.5. The third kappa shape index (κ3) is 3.67. The number of rotatable bonds is 4. The highest BCUT2D eigenvalue weighted by Gasteiger charge is 1.98. The predicted molar refractivity (Wildman–Crippen MR) is 76.9 cm³/mol. The summed E-state index contributed by atoms with van der Waals surface area (Å²) in [5.74, 6) is 0.881. The smallest absolute Gasteiger partial charge is 0.119 e. The summed E-state index contributed by atoms with van der Waals surface area (Å²) in [6.07, 6.45) is 0.195. The van der Waals surface area contributed by atoms with Gasteiger partial charge in [-0.25, -0.2) is 0 Å². The van der Waals surface area contributed by atoms with Crippen LogP contribution in [-0.2, 0) is 0 Å². The molecule has 0 amide bonds. The fraction of sp³-hybridized carbons (Fsp3) is 0.200. The number of hydrogen-bond acceptors (Lipinski definition) is 2. The van der Waals surface area contributed by atoms with E-state index in [0.717, 1.165) is 22.1 Å². The number of nitrogens with one attached hydrogen (secondary N) is 1. The number of benzene rings is 2. The maximum atomic E-state index is 5.84. The normalized spacial score (nSPS) is 10.4. The average Bonchev–Trinajstić information content (AvgIpc) is 2.34. The lowest BCUT2D eigenvalue weighted by molar-refractivity contribution is 0.242. The van der Waals surface area contributed by atoms with E-state index in [9.17, 15) is 0 Å². The molecule has 0 aliphatic rings. The molecule has 0 radical (unpaired) electrons. The molecule has 1 N–H and O–H groups in total. The van der Waals surface area contributed by atoms with Crippen LogP contribution in [0.15, 0.2) is 48.5 Å². The van der Waals surface area contributed by atoms with Crippen LogP contribution in [0.5, 0.6) is 5.75 Å². The summed E-state index contributed by atoms with van der Waals surface area (Å²) < 4.78 is 5.59. The molecule has 94 valence electrons. The molecule has 0 aliphatic heterocycles. The van der Waals surface area contributed by atoms with E-state index >= 15 is 0 Å². The van der Waals surface area contributed by atoms with Crippen LogP contribution in [0.4, 0.5) is 11.4 Å².